The standard InChI is InChI=1S/C28H31BrN2O6/c1-3-4-13-36-22-7-5-18(16-23(22)34-2)25-24-26(32)20-17-19(29)6-8-21(20)37-27(24)28(33)31(25)10-9-30-11-14-35-15-12-30/h5-8,16-17,25H,3-4,9-15H2,1-2H3. The van der Waals surface area contributed by atoms with Crippen molar-refractivity contribution < 1.29 is 23.4 Å². The quantitative estimate of drug-likeness (QED) is 0.347. The summed E-state index contributed by atoms with van der Waals surface area (Å²) in [6, 6.07) is 10.3. The van der Waals surface area contributed by atoms with Gasteiger partial charge in [-0.05, 0) is 42.3 Å². The number of methoxy groups -OCH3 is 1. The van der Waals surface area contributed by atoms with Gasteiger partial charge in [0.1, 0.15) is 5.58 Å². The summed E-state index contributed by atoms with van der Waals surface area (Å²) in [6.45, 7) is 6.80. The molecule has 1 unspecified atom stereocenters. The molecule has 3 heterocycles. The summed E-state index contributed by atoms with van der Waals surface area (Å²) in [5.74, 6) is 1.03. The van der Waals surface area contributed by atoms with Gasteiger partial charge in [0, 0.05) is 30.7 Å². The fourth-order valence-electron chi connectivity index (χ4n) is 4.94. The van der Waals surface area contributed by atoms with Gasteiger partial charge in [0.05, 0.1) is 43.9 Å². The van der Waals surface area contributed by atoms with Crippen LogP contribution in [-0.2, 0) is 4.74 Å². The van der Waals surface area contributed by atoms with E-state index in [2.05, 4.69) is 27.8 Å². The van der Waals surface area contributed by atoms with E-state index in [1.807, 2.05) is 18.2 Å². The number of morpholine rings is 1. The molecule has 0 saturated carbocycles. The van der Waals surface area contributed by atoms with Crippen molar-refractivity contribution in [2.24, 2.45) is 0 Å². The van der Waals surface area contributed by atoms with E-state index >= 15 is 0 Å². The number of carbonyl (C=O) groups excluding carboxylic acids is 1. The maximum atomic E-state index is 13.8. The predicted octanol–water partition coefficient (Wildman–Crippen LogP) is 4.62. The smallest absolute Gasteiger partial charge is 0.290 e. The van der Waals surface area contributed by atoms with Crippen molar-refractivity contribution in [1.82, 2.24) is 9.80 Å². The van der Waals surface area contributed by atoms with Gasteiger partial charge in [-0.15, -0.1) is 0 Å². The van der Waals surface area contributed by atoms with Gasteiger partial charge >= 0.3 is 0 Å². The molecule has 2 aromatic carbocycles. The van der Waals surface area contributed by atoms with Gasteiger partial charge in [0.25, 0.3) is 5.91 Å². The molecule has 1 aromatic heterocycles. The van der Waals surface area contributed by atoms with Crippen LogP contribution in [-0.4, -0.2) is 68.8 Å². The van der Waals surface area contributed by atoms with E-state index in [1.54, 1.807) is 30.2 Å². The average Bonchev–Trinajstić information content (AvgIpc) is 3.20. The van der Waals surface area contributed by atoms with Gasteiger partial charge in [0.2, 0.25) is 5.76 Å². The van der Waals surface area contributed by atoms with E-state index < -0.39 is 6.04 Å². The fraction of sp³-hybridized carbons (Fsp3) is 0.429. The molecule has 1 atom stereocenters. The molecule has 0 spiro atoms. The zero-order valence-electron chi connectivity index (χ0n) is 21.1. The normalized spacial score (nSPS) is 17.9. The number of carbonyl (C=O) groups is 1. The second-order valence-corrected chi connectivity index (χ2v) is 10.2. The maximum absolute atomic E-state index is 13.8. The molecule has 1 fully saturated rings. The zero-order valence-corrected chi connectivity index (χ0v) is 22.7. The number of benzene rings is 2. The molecule has 0 bridgehead atoms. The van der Waals surface area contributed by atoms with Crippen LogP contribution in [0.4, 0.5) is 0 Å². The minimum Gasteiger partial charge on any atom is -0.493 e. The van der Waals surface area contributed by atoms with Gasteiger partial charge < -0.3 is 23.5 Å². The highest BCUT2D eigenvalue weighted by atomic mass is 79.9. The maximum Gasteiger partial charge on any atom is 0.290 e. The molecule has 0 aliphatic carbocycles. The average molecular weight is 571 g/mol. The molecular weight excluding hydrogens is 540 g/mol. The molecule has 0 radical (unpaired) electrons. The van der Waals surface area contributed by atoms with Crippen LogP contribution in [0.1, 0.15) is 47.5 Å². The third kappa shape index (κ3) is 5.12. The number of amides is 1. The van der Waals surface area contributed by atoms with E-state index in [-0.39, 0.29) is 17.1 Å². The van der Waals surface area contributed by atoms with Crippen LogP contribution in [0, 0.1) is 0 Å². The minimum atomic E-state index is -0.596. The molecule has 9 heteroatoms. The first-order valence-corrected chi connectivity index (χ1v) is 13.5. The van der Waals surface area contributed by atoms with Crippen LogP contribution >= 0.6 is 15.9 Å². The summed E-state index contributed by atoms with van der Waals surface area (Å²) >= 11 is 3.45. The van der Waals surface area contributed by atoms with Crippen LogP contribution in [0.15, 0.2) is 50.1 Å². The molecule has 8 nitrogen and oxygen atoms in total. The second kappa shape index (κ2) is 11.2. The Morgan fingerprint density at radius 2 is 1.86 bits per heavy atom. The Kier molecular flexibility index (Phi) is 7.83. The summed E-state index contributed by atoms with van der Waals surface area (Å²) in [6.07, 6.45) is 1.97. The summed E-state index contributed by atoms with van der Waals surface area (Å²) in [4.78, 5) is 31.5. The molecule has 0 N–H and O–H groups in total. The highest BCUT2D eigenvalue weighted by Gasteiger charge is 2.43. The summed E-state index contributed by atoms with van der Waals surface area (Å²) in [5.41, 5.74) is 1.33. The van der Waals surface area contributed by atoms with Gasteiger partial charge in [-0.25, -0.2) is 0 Å². The number of fused-ring (bicyclic) bond motifs is 2. The monoisotopic (exact) mass is 570 g/mol. The minimum absolute atomic E-state index is 0.106. The molecule has 1 saturated heterocycles. The Labute approximate surface area is 224 Å². The van der Waals surface area contributed by atoms with Crippen molar-refractivity contribution in [2.45, 2.75) is 25.8 Å². The van der Waals surface area contributed by atoms with Crippen molar-refractivity contribution in [3.63, 3.8) is 0 Å². The van der Waals surface area contributed by atoms with E-state index in [0.29, 0.717) is 60.9 Å². The molecule has 37 heavy (non-hydrogen) atoms. The molecule has 196 valence electrons. The lowest BCUT2D eigenvalue weighted by atomic mass is 9.98. The lowest BCUT2D eigenvalue weighted by Gasteiger charge is -2.31. The van der Waals surface area contributed by atoms with Gasteiger partial charge in [0.15, 0.2) is 16.9 Å². The third-order valence-corrected chi connectivity index (χ3v) is 7.44. The first-order valence-electron chi connectivity index (χ1n) is 12.7. The van der Waals surface area contributed by atoms with Crippen molar-refractivity contribution in [1.29, 1.82) is 0 Å². The number of hydrogen-bond donors (Lipinski definition) is 0. The van der Waals surface area contributed by atoms with Gasteiger partial charge in [-0.2, -0.15) is 0 Å². The number of rotatable bonds is 9. The van der Waals surface area contributed by atoms with Crippen molar-refractivity contribution in [3.8, 4) is 11.5 Å². The van der Waals surface area contributed by atoms with E-state index in [9.17, 15) is 9.59 Å². The lowest BCUT2D eigenvalue weighted by Crippen LogP contribution is -2.42. The summed E-state index contributed by atoms with van der Waals surface area (Å²) in [5, 5.41) is 0.437. The Bertz CT molecular complexity index is 1350. The highest BCUT2D eigenvalue weighted by molar-refractivity contribution is 9.10. The molecule has 3 aromatic rings. The molecule has 1 amide bonds. The van der Waals surface area contributed by atoms with E-state index in [4.69, 9.17) is 18.6 Å². The topological polar surface area (TPSA) is 81.5 Å². The predicted molar refractivity (Wildman–Crippen MR) is 144 cm³/mol. The van der Waals surface area contributed by atoms with Crippen LogP contribution in [0.5, 0.6) is 11.5 Å². The lowest BCUT2D eigenvalue weighted by molar-refractivity contribution is 0.0314. The number of halogens is 1. The fourth-order valence-corrected chi connectivity index (χ4v) is 5.30. The van der Waals surface area contributed by atoms with Crippen molar-refractivity contribution in [3.05, 3.63) is 68.0 Å². The number of unbranched alkanes of at least 4 members (excludes halogenated alkanes) is 1. The first kappa shape index (κ1) is 25.8. The molecular formula is C28H31BrN2O6. The summed E-state index contributed by atoms with van der Waals surface area (Å²) < 4.78 is 23.9. The molecule has 2 aliphatic rings. The number of nitrogens with zero attached hydrogens (tertiary/aromatic N) is 2. The SMILES string of the molecule is CCCCOc1ccc(C2c3c(oc4ccc(Br)cc4c3=O)C(=O)N2CCN2CCOCC2)cc1OC. The largest absolute Gasteiger partial charge is 0.493 e. The zero-order chi connectivity index (χ0) is 25.9. The highest BCUT2D eigenvalue weighted by Crippen LogP contribution is 2.41. The number of ether oxygens (including phenoxy) is 3. The Balaban J connectivity index is 1.57. The van der Waals surface area contributed by atoms with Gasteiger partial charge in [-0.3, -0.25) is 14.5 Å². The van der Waals surface area contributed by atoms with E-state index in [1.165, 1.54) is 0 Å². The van der Waals surface area contributed by atoms with Crippen LogP contribution in [0.25, 0.3) is 11.0 Å². The second-order valence-electron chi connectivity index (χ2n) is 9.28. The Morgan fingerprint density at radius 3 is 2.62 bits per heavy atom. The molecule has 2 aliphatic heterocycles. The number of hydrogen-bond acceptors (Lipinski definition) is 7. The van der Waals surface area contributed by atoms with Gasteiger partial charge in [-0.1, -0.05) is 35.3 Å². The Hall–Kier alpha value is -2.88. The van der Waals surface area contributed by atoms with Crippen molar-refractivity contribution >= 4 is 32.8 Å². The van der Waals surface area contributed by atoms with E-state index in [0.717, 1.165) is 36.0 Å². The molecule has 5 rings (SSSR count). The third-order valence-electron chi connectivity index (χ3n) is 6.95. The first-order chi connectivity index (χ1) is 18.0. The Morgan fingerprint density at radius 1 is 1.05 bits per heavy atom. The van der Waals surface area contributed by atoms with Crippen LogP contribution in [0.3, 0.4) is 0 Å². The van der Waals surface area contributed by atoms with Crippen LogP contribution in [0.2, 0.25) is 0 Å². The van der Waals surface area contributed by atoms with Crippen molar-refractivity contribution in [2.75, 3.05) is 53.1 Å². The van der Waals surface area contributed by atoms with Crippen LogP contribution < -0.4 is 14.9 Å². The summed E-state index contributed by atoms with van der Waals surface area (Å²) in [7, 11) is 1.59.